The molecule has 0 aliphatic heterocycles. The van der Waals surface area contributed by atoms with Gasteiger partial charge in [-0.25, -0.2) is 8.42 Å². The van der Waals surface area contributed by atoms with Crippen LogP contribution in [0.4, 0.5) is 5.69 Å². The molecule has 0 heterocycles. The third-order valence-corrected chi connectivity index (χ3v) is 7.02. The Morgan fingerprint density at radius 3 is 2.08 bits per heavy atom. The van der Waals surface area contributed by atoms with Crippen molar-refractivity contribution in [2.24, 2.45) is 0 Å². The molecule has 0 aliphatic carbocycles. The highest BCUT2D eigenvalue weighted by atomic mass is 35.5. The molecule has 1 atom stereocenters. The standard InChI is InChI=1S/C27H38ClN3O4S/c1-19-15-20(2)17-24(16-19)31(36(7,34)35)14-8-9-25(32)30(18-22-10-12-23(28)13-11-22)21(3)26(33)29-27(4,5)6/h10-13,15-17,21H,8-9,14,18H2,1-7H3,(H,29,33). The van der Waals surface area contributed by atoms with Gasteiger partial charge in [-0.3, -0.25) is 13.9 Å². The number of benzene rings is 2. The first-order valence-corrected chi connectivity index (χ1v) is 14.2. The molecule has 0 spiro atoms. The van der Waals surface area contributed by atoms with E-state index < -0.39 is 21.6 Å². The van der Waals surface area contributed by atoms with Gasteiger partial charge in [-0.1, -0.05) is 29.8 Å². The molecule has 0 aromatic heterocycles. The molecular weight excluding hydrogens is 498 g/mol. The zero-order valence-electron chi connectivity index (χ0n) is 22.3. The Morgan fingerprint density at radius 2 is 1.58 bits per heavy atom. The molecule has 0 saturated carbocycles. The number of nitrogens with zero attached hydrogens (tertiary/aromatic N) is 2. The van der Waals surface area contributed by atoms with E-state index in [9.17, 15) is 18.0 Å². The summed E-state index contributed by atoms with van der Waals surface area (Å²) in [6, 6.07) is 12.0. The van der Waals surface area contributed by atoms with Crippen molar-refractivity contribution < 1.29 is 18.0 Å². The lowest BCUT2D eigenvalue weighted by atomic mass is 10.1. The first-order valence-electron chi connectivity index (χ1n) is 12.0. The summed E-state index contributed by atoms with van der Waals surface area (Å²) in [6.07, 6.45) is 1.57. The van der Waals surface area contributed by atoms with Gasteiger partial charge in [0.25, 0.3) is 0 Å². The van der Waals surface area contributed by atoms with E-state index in [1.165, 1.54) is 9.21 Å². The third kappa shape index (κ3) is 9.13. The van der Waals surface area contributed by atoms with Crippen molar-refractivity contribution in [3.05, 3.63) is 64.2 Å². The summed E-state index contributed by atoms with van der Waals surface area (Å²) >= 11 is 6.00. The summed E-state index contributed by atoms with van der Waals surface area (Å²) in [6.45, 7) is 11.6. The van der Waals surface area contributed by atoms with Gasteiger partial charge in [-0.2, -0.15) is 0 Å². The minimum absolute atomic E-state index is 0.0948. The van der Waals surface area contributed by atoms with Crippen LogP contribution in [0.15, 0.2) is 42.5 Å². The average Bonchev–Trinajstić information content (AvgIpc) is 2.72. The maximum atomic E-state index is 13.4. The molecule has 9 heteroatoms. The molecule has 2 aromatic rings. The van der Waals surface area contributed by atoms with Crippen molar-refractivity contribution >= 4 is 39.1 Å². The maximum absolute atomic E-state index is 13.4. The van der Waals surface area contributed by atoms with Crippen LogP contribution in [0, 0.1) is 13.8 Å². The maximum Gasteiger partial charge on any atom is 0.242 e. The fourth-order valence-corrected chi connectivity index (χ4v) is 5.02. The van der Waals surface area contributed by atoms with Crippen LogP contribution in [-0.2, 0) is 26.2 Å². The quantitative estimate of drug-likeness (QED) is 0.472. The molecule has 198 valence electrons. The van der Waals surface area contributed by atoms with Gasteiger partial charge in [0.05, 0.1) is 11.9 Å². The van der Waals surface area contributed by atoms with Gasteiger partial charge in [-0.05, 0) is 88.9 Å². The Bertz CT molecular complexity index is 1150. The second-order valence-corrected chi connectivity index (χ2v) is 12.7. The number of rotatable bonds is 10. The van der Waals surface area contributed by atoms with E-state index in [4.69, 9.17) is 11.6 Å². The summed E-state index contributed by atoms with van der Waals surface area (Å²) in [7, 11) is -3.54. The van der Waals surface area contributed by atoms with E-state index in [2.05, 4.69) is 5.32 Å². The van der Waals surface area contributed by atoms with Crippen molar-refractivity contribution in [3.8, 4) is 0 Å². The Labute approximate surface area is 220 Å². The Hall–Kier alpha value is -2.58. The van der Waals surface area contributed by atoms with Gasteiger partial charge in [0.2, 0.25) is 21.8 Å². The van der Waals surface area contributed by atoms with Crippen molar-refractivity contribution in [2.75, 3.05) is 17.1 Å². The van der Waals surface area contributed by atoms with Crippen LogP contribution in [0.2, 0.25) is 5.02 Å². The van der Waals surface area contributed by atoms with E-state index in [0.29, 0.717) is 17.1 Å². The Kier molecular flexibility index (Phi) is 9.97. The van der Waals surface area contributed by atoms with E-state index in [-0.39, 0.29) is 31.3 Å². The molecule has 2 aromatic carbocycles. The van der Waals surface area contributed by atoms with Gasteiger partial charge in [0.15, 0.2) is 0 Å². The van der Waals surface area contributed by atoms with Crippen LogP contribution in [0.25, 0.3) is 0 Å². The molecule has 2 rings (SSSR count). The number of aryl methyl sites for hydroxylation is 2. The minimum Gasteiger partial charge on any atom is -0.350 e. The van der Waals surface area contributed by atoms with Crippen molar-refractivity contribution in [2.45, 2.75) is 72.5 Å². The minimum atomic E-state index is -3.54. The van der Waals surface area contributed by atoms with Crippen LogP contribution in [0.1, 0.15) is 57.2 Å². The van der Waals surface area contributed by atoms with Gasteiger partial charge in [0, 0.05) is 30.1 Å². The van der Waals surface area contributed by atoms with E-state index >= 15 is 0 Å². The number of nitrogens with one attached hydrogen (secondary N) is 1. The molecule has 1 N–H and O–H groups in total. The number of halogens is 1. The molecular formula is C27H38ClN3O4S. The molecule has 0 aliphatic rings. The zero-order valence-corrected chi connectivity index (χ0v) is 23.8. The van der Waals surface area contributed by atoms with Gasteiger partial charge < -0.3 is 10.2 Å². The molecule has 0 fully saturated rings. The van der Waals surface area contributed by atoms with Gasteiger partial charge >= 0.3 is 0 Å². The molecule has 1 unspecified atom stereocenters. The SMILES string of the molecule is Cc1cc(C)cc(N(CCCC(=O)N(Cc2ccc(Cl)cc2)C(C)C(=O)NC(C)(C)C)S(C)(=O)=O)c1. The highest BCUT2D eigenvalue weighted by Crippen LogP contribution is 2.22. The van der Waals surface area contributed by atoms with E-state index in [0.717, 1.165) is 22.9 Å². The van der Waals surface area contributed by atoms with Crippen LogP contribution in [-0.4, -0.2) is 49.5 Å². The zero-order chi connectivity index (χ0) is 27.3. The molecule has 0 saturated heterocycles. The lowest BCUT2D eigenvalue weighted by molar-refractivity contribution is -0.141. The van der Waals surface area contributed by atoms with Crippen molar-refractivity contribution in [1.29, 1.82) is 0 Å². The lowest BCUT2D eigenvalue weighted by Gasteiger charge is -2.32. The summed E-state index contributed by atoms with van der Waals surface area (Å²) in [4.78, 5) is 27.8. The fraction of sp³-hybridized carbons (Fsp3) is 0.481. The normalized spacial score (nSPS) is 12.7. The fourth-order valence-electron chi connectivity index (χ4n) is 3.94. The molecule has 36 heavy (non-hydrogen) atoms. The Balaban J connectivity index is 2.21. The number of anilines is 1. The molecule has 7 nitrogen and oxygen atoms in total. The van der Waals surface area contributed by atoms with Crippen LogP contribution < -0.4 is 9.62 Å². The second kappa shape index (κ2) is 12.1. The Morgan fingerprint density at radius 1 is 1.03 bits per heavy atom. The highest BCUT2D eigenvalue weighted by Gasteiger charge is 2.28. The first kappa shape index (κ1) is 29.6. The van der Waals surface area contributed by atoms with Crippen molar-refractivity contribution in [3.63, 3.8) is 0 Å². The van der Waals surface area contributed by atoms with E-state index in [1.807, 2.05) is 65.0 Å². The molecule has 2 amide bonds. The largest absolute Gasteiger partial charge is 0.350 e. The number of sulfonamides is 1. The predicted octanol–water partition coefficient (Wildman–Crippen LogP) is 4.84. The lowest BCUT2D eigenvalue weighted by Crippen LogP contribution is -2.52. The highest BCUT2D eigenvalue weighted by molar-refractivity contribution is 7.92. The van der Waals surface area contributed by atoms with Crippen LogP contribution in [0.5, 0.6) is 0 Å². The number of carbonyl (C=O) groups excluding carboxylic acids is 2. The summed E-state index contributed by atoms with van der Waals surface area (Å²) < 4.78 is 26.4. The summed E-state index contributed by atoms with van der Waals surface area (Å²) in [5.41, 5.74) is 2.90. The second-order valence-electron chi connectivity index (χ2n) is 10.3. The monoisotopic (exact) mass is 535 g/mol. The van der Waals surface area contributed by atoms with Crippen LogP contribution in [0.3, 0.4) is 0 Å². The van der Waals surface area contributed by atoms with Crippen molar-refractivity contribution in [1.82, 2.24) is 10.2 Å². The number of hydrogen-bond acceptors (Lipinski definition) is 4. The number of hydrogen-bond donors (Lipinski definition) is 1. The smallest absolute Gasteiger partial charge is 0.242 e. The van der Waals surface area contributed by atoms with Gasteiger partial charge in [-0.15, -0.1) is 0 Å². The predicted molar refractivity (Wildman–Crippen MR) is 147 cm³/mol. The number of amides is 2. The third-order valence-electron chi connectivity index (χ3n) is 5.58. The summed E-state index contributed by atoms with van der Waals surface area (Å²) in [5.74, 6) is -0.479. The van der Waals surface area contributed by atoms with Crippen LogP contribution >= 0.6 is 11.6 Å². The average molecular weight is 536 g/mol. The van der Waals surface area contributed by atoms with Gasteiger partial charge in [0.1, 0.15) is 6.04 Å². The topological polar surface area (TPSA) is 86.8 Å². The van der Waals surface area contributed by atoms with E-state index in [1.54, 1.807) is 19.1 Å². The summed E-state index contributed by atoms with van der Waals surface area (Å²) in [5, 5.41) is 3.52. The first-order chi connectivity index (χ1) is 16.6. The molecule has 0 bridgehead atoms. The number of carbonyl (C=O) groups is 2. The molecule has 0 radical (unpaired) electrons.